The third kappa shape index (κ3) is 5.23. The fraction of sp³-hybridized carbons (Fsp3) is 0.600. The smallest absolute Gasteiger partial charge is 0.152 e. The van der Waals surface area contributed by atoms with Gasteiger partial charge in [0.15, 0.2) is 9.84 Å². The largest absolute Gasteiger partial charge is 0.385 e. The summed E-state index contributed by atoms with van der Waals surface area (Å²) < 4.78 is 29.2. The number of rotatable bonds is 8. The van der Waals surface area contributed by atoms with Gasteiger partial charge in [0.2, 0.25) is 0 Å². The Morgan fingerprint density at radius 1 is 1.30 bits per heavy atom. The van der Waals surface area contributed by atoms with Crippen LogP contribution in [0.3, 0.4) is 0 Å². The van der Waals surface area contributed by atoms with Crippen LogP contribution in [-0.2, 0) is 14.6 Å². The quantitative estimate of drug-likeness (QED) is 0.746. The van der Waals surface area contributed by atoms with E-state index >= 15 is 0 Å². The molecule has 0 spiro atoms. The van der Waals surface area contributed by atoms with Crippen LogP contribution in [0.4, 0.5) is 0 Å². The van der Waals surface area contributed by atoms with Gasteiger partial charge in [-0.3, -0.25) is 0 Å². The van der Waals surface area contributed by atoms with E-state index < -0.39 is 9.84 Å². The van der Waals surface area contributed by atoms with E-state index in [1.54, 1.807) is 14.2 Å². The number of methoxy groups -OCH3 is 1. The van der Waals surface area contributed by atoms with Crippen molar-refractivity contribution in [2.24, 2.45) is 0 Å². The molecule has 1 aromatic rings. The summed E-state index contributed by atoms with van der Waals surface area (Å²) in [5, 5.41) is 3.11. The minimum absolute atomic E-state index is 0.122. The molecule has 0 heterocycles. The van der Waals surface area contributed by atoms with Crippen molar-refractivity contribution >= 4 is 9.84 Å². The molecule has 1 N–H and O–H groups in total. The third-order valence-electron chi connectivity index (χ3n) is 3.37. The summed E-state index contributed by atoms with van der Waals surface area (Å²) in [6.45, 7) is 4.53. The number of aryl methyl sites for hydroxylation is 2. The first-order valence-electron chi connectivity index (χ1n) is 6.83. The van der Waals surface area contributed by atoms with E-state index in [1.807, 2.05) is 26.0 Å². The molecule has 1 aromatic carbocycles. The number of sulfone groups is 1. The molecular formula is C15H25NO3S. The summed E-state index contributed by atoms with van der Waals surface area (Å²) in [6.07, 6.45) is 0.544. The van der Waals surface area contributed by atoms with Crippen molar-refractivity contribution in [3.63, 3.8) is 0 Å². The number of hydrogen-bond donors (Lipinski definition) is 1. The van der Waals surface area contributed by atoms with E-state index in [9.17, 15) is 8.42 Å². The molecule has 1 rings (SSSR count). The molecule has 0 amide bonds. The van der Waals surface area contributed by atoms with E-state index in [0.717, 1.165) is 11.1 Å². The Balaban J connectivity index is 2.81. The highest BCUT2D eigenvalue weighted by Gasteiger charge is 2.20. The average molecular weight is 299 g/mol. The molecule has 4 nitrogen and oxygen atoms in total. The van der Waals surface area contributed by atoms with Gasteiger partial charge in [0.05, 0.1) is 11.5 Å². The summed E-state index contributed by atoms with van der Waals surface area (Å²) in [5.74, 6) is 0.293. The maximum absolute atomic E-state index is 12.1. The Hall–Kier alpha value is -0.910. The molecule has 0 saturated carbocycles. The van der Waals surface area contributed by atoms with Crippen LogP contribution < -0.4 is 5.32 Å². The average Bonchev–Trinajstić information content (AvgIpc) is 2.36. The summed E-state index contributed by atoms with van der Waals surface area (Å²) in [5.41, 5.74) is 3.36. The lowest BCUT2D eigenvalue weighted by atomic mass is 10.0. The van der Waals surface area contributed by atoms with Crippen LogP contribution in [0.15, 0.2) is 18.2 Å². The lowest BCUT2D eigenvalue weighted by Gasteiger charge is -2.19. The highest BCUT2D eigenvalue weighted by Crippen LogP contribution is 2.20. The van der Waals surface area contributed by atoms with Gasteiger partial charge in [-0.05, 0) is 38.4 Å². The second kappa shape index (κ2) is 7.76. The van der Waals surface area contributed by atoms with Crippen molar-refractivity contribution in [1.82, 2.24) is 5.32 Å². The highest BCUT2D eigenvalue weighted by molar-refractivity contribution is 7.91. The van der Waals surface area contributed by atoms with Gasteiger partial charge in [-0.1, -0.05) is 23.8 Å². The van der Waals surface area contributed by atoms with Crippen molar-refractivity contribution in [1.29, 1.82) is 0 Å². The van der Waals surface area contributed by atoms with E-state index in [-0.39, 0.29) is 17.5 Å². The van der Waals surface area contributed by atoms with Gasteiger partial charge in [-0.15, -0.1) is 0 Å². The molecule has 0 aromatic heterocycles. The molecule has 0 radical (unpaired) electrons. The van der Waals surface area contributed by atoms with Crippen LogP contribution in [0.25, 0.3) is 0 Å². The first-order chi connectivity index (χ1) is 9.39. The zero-order valence-corrected chi connectivity index (χ0v) is 13.6. The van der Waals surface area contributed by atoms with Crippen molar-refractivity contribution in [2.75, 3.05) is 32.3 Å². The summed E-state index contributed by atoms with van der Waals surface area (Å²) in [4.78, 5) is 0. The van der Waals surface area contributed by atoms with Crippen LogP contribution in [-0.4, -0.2) is 40.7 Å². The normalized spacial score (nSPS) is 13.4. The lowest BCUT2D eigenvalue weighted by Crippen LogP contribution is -2.27. The van der Waals surface area contributed by atoms with Gasteiger partial charge in [-0.25, -0.2) is 8.42 Å². The molecule has 0 aliphatic heterocycles. The number of ether oxygens (including phenoxy) is 1. The second-order valence-corrected chi connectivity index (χ2v) is 7.39. The maximum atomic E-state index is 12.1. The van der Waals surface area contributed by atoms with Crippen LogP contribution in [0.5, 0.6) is 0 Å². The van der Waals surface area contributed by atoms with Crippen LogP contribution in [0.2, 0.25) is 0 Å². The predicted molar refractivity (Wildman–Crippen MR) is 82.9 cm³/mol. The molecule has 0 aliphatic rings. The van der Waals surface area contributed by atoms with Gasteiger partial charge >= 0.3 is 0 Å². The zero-order valence-electron chi connectivity index (χ0n) is 12.8. The molecule has 0 aliphatic carbocycles. The maximum Gasteiger partial charge on any atom is 0.152 e. The molecule has 0 bridgehead atoms. The Labute approximate surface area is 122 Å². The van der Waals surface area contributed by atoms with Crippen molar-refractivity contribution < 1.29 is 13.2 Å². The van der Waals surface area contributed by atoms with E-state index in [2.05, 4.69) is 11.4 Å². The second-order valence-electron chi connectivity index (χ2n) is 5.16. The monoisotopic (exact) mass is 299 g/mol. The van der Waals surface area contributed by atoms with Gasteiger partial charge in [0, 0.05) is 19.8 Å². The minimum Gasteiger partial charge on any atom is -0.385 e. The fourth-order valence-electron chi connectivity index (χ4n) is 2.31. The Morgan fingerprint density at radius 3 is 2.55 bits per heavy atom. The highest BCUT2D eigenvalue weighted by atomic mass is 32.2. The summed E-state index contributed by atoms with van der Waals surface area (Å²) in [6, 6.07) is 5.95. The SMILES string of the molecule is CNC(CS(=O)(=O)CCCOC)c1ccc(C)cc1C. The van der Waals surface area contributed by atoms with Gasteiger partial charge < -0.3 is 10.1 Å². The van der Waals surface area contributed by atoms with E-state index in [1.165, 1.54) is 5.56 Å². The minimum atomic E-state index is -3.08. The summed E-state index contributed by atoms with van der Waals surface area (Å²) >= 11 is 0. The Kier molecular flexibility index (Phi) is 6.65. The molecule has 0 fully saturated rings. The predicted octanol–water partition coefficient (Wildman–Crippen LogP) is 2.02. The molecule has 1 unspecified atom stereocenters. The molecule has 5 heteroatoms. The number of hydrogen-bond acceptors (Lipinski definition) is 4. The van der Waals surface area contributed by atoms with Gasteiger partial charge in [0.1, 0.15) is 0 Å². The lowest BCUT2D eigenvalue weighted by molar-refractivity contribution is 0.199. The first-order valence-corrected chi connectivity index (χ1v) is 8.65. The number of benzene rings is 1. The first kappa shape index (κ1) is 17.1. The van der Waals surface area contributed by atoms with Gasteiger partial charge in [0.25, 0.3) is 0 Å². The fourth-order valence-corrected chi connectivity index (χ4v) is 3.88. The standard InChI is InChI=1S/C15H25NO3S/c1-12-6-7-14(13(2)10-12)15(16-3)11-20(17,18)9-5-8-19-4/h6-7,10,15-16H,5,8-9,11H2,1-4H3. The topological polar surface area (TPSA) is 55.4 Å². The van der Waals surface area contributed by atoms with Crippen LogP contribution in [0, 0.1) is 13.8 Å². The summed E-state index contributed by atoms with van der Waals surface area (Å²) in [7, 11) is 0.300. The molecule has 114 valence electrons. The van der Waals surface area contributed by atoms with Crippen molar-refractivity contribution in [2.45, 2.75) is 26.3 Å². The Bertz CT molecular complexity index is 526. The van der Waals surface area contributed by atoms with E-state index in [0.29, 0.717) is 13.0 Å². The number of nitrogens with one attached hydrogen (secondary N) is 1. The van der Waals surface area contributed by atoms with Gasteiger partial charge in [-0.2, -0.15) is 0 Å². The molecule has 1 atom stereocenters. The molecular weight excluding hydrogens is 274 g/mol. The van der Waals surface area contributed by atoms with Crippen LogP contribution >= 0.6 is 0 Å². The molecule has 20 heavy (non-hydrogen) atoms. The molecule has 0 saturated heterocycles. The van der Waals surface area contributed by atoms with Crippen LogP contribution in [0.1, 0.15) is 29.2 Å². The van der Waals surface area contributed by atoms with Crippen molar-refractivity contribution in [3.8, 4) is 0 Å². The van der Waals surface area contributed by atoms with E-state index in [4.69, 9.17) is 4.74 Å². The third-order valence-corrected chi connectivity index (χ3v) is 5.13. The Morgan fingerprint density at radius 2 is 2.00 bits per heavy atom. The zero-order chi connectivity index (χ0) is 15.2. The van der Waals surface area contributed by atoms with Crippen molar-refractivity contribution in [3.05, 3.63) is 34.9 Å².